The van der Waals surface area contributed by atoms with Crippen LogP contribution in [0.15, 0.2) is 24.3 Å². The van der Waals surface area contributed by atoms with Crippen molar-refractivity contribution in [2.24, 2.45) is 0 Å². The molecule has 0 aliphatic heterocycles. The molecule has 2 N–H and O–H groups in total. The number of carbonyl (C=O) groups excluding carboxylic acids is 1. The summed E-state index contributed by atoms with van der Waals surface area (Å²) in [5.41, 5.74) is -0.419. The first-order valence-corrected chi connectivity index (χ1v) is 5.51. The van der Waals surface area contributed by atoms with E-state index in [0.717, 1.165) is 12.1 Å². The minimum Gasteiger partial charge on any atom is -0.396 e. The Kier molecular flexibility index (Phi) is 5.15. The second-order valence-corrected chi connectivity index (χ2v) is 3.80. The van der Waals surface area contributed by atoms with Gasteiger partial charge in [-0.05, 0) is 37.1 Å². The van der Waals surface area contributed by atoms with Crippen LogP contribution in [0.5, 0.6) is 0 Å². The summed E-state index contributed by atoms with van der Waals surface area (Å²) in [5, 5.41) is 11.0. The van der Waals surface area contributed by atoms with Crippen molar-refractivity contribution in [1.29, 1.82) is 0 Å². The molecule has 1 aromatic carbocycles. The zero-order valence-electron chi connectivity index (χ0n) is 9.63. The van der Waals surface area contributed by atoms with E-state index in [4.69, 9.17) is 5.11 Å². The molecule has 0 heterocycles. The summed E-state index contributed by atoms with van der Waals surface area (Å²) >= 11 is 0. The van der Waals surface area contributed by atoms with Gasteiger partial charge < -0.3 is 10.4 Å². The van der Waals surface area contributed by atoms with Crippen molar-refractivity contribution in [3.63, 3.8) is 0 Å². The van der Waals surface area contributed by atoms with E-state index in [-0.39, 0.29) is 18.9 Å². The molecule has 0 saturated carbocycles. The fourth-order valence-corrected chi connectivity index (χ4v) is 1.36. The van der Waals surface area contributed by atoms with Gasteiger partial charge in [-0.15, -0.1) is 0 Å². The first-order chi connectivity index (χ1) is 8.43. The predicted octanol–water partition coefficient (Wildman–Crippen LogP) is 2.81. The van der Waals surface area contributed by atoms with Gasteiger partial charge in [0.15, 0.2) is 0 Å². The Morgan fingerprint density at radius 2 is 1.78 bits per heavy atom. The van der Waals surface area contributed by atoms with E-state index in [2.05, 4.69) is 5.32 Å². The van der Waals surface area contributed by atoms with Gasteiger partial charge in [0.1, 0.15) is 0 Å². The van der Waals surface area contributed by atoms with E-state index in [1.807, 2.05) is 0 Å². The summed E-state index contributed by atoms with van der Waals surface area (Å²) in [6.07, 6.45) is -3.06. The lowest BCUT2D eigenvalue weighted by Crippen LogP contribution is -2.12. The molecular formula is C12H14F3NO2. The molecule has 1 aromatic rings. The van der Waals surface area contributed by atoms with Crippen LogP contribution >= 0.6 is 0 Å². The first kappa shape index (κ1) is 14.5. The van der Waals surface area contributed by atoms with E-state index in [0.29, 0.717) is 18.5 Å². The van der Waals surface area contributed by atoms with Crippen molar-refractivity contribution in [3.05, 3.63) is 29.8 Å². The zero-order valence-corrected chi connectivity index (χ0v) is 9.63. The summed E-state index contributed by atoms with van der Waals surface area (Å²) in [4.78, 5) is 11.4. The van der Waals surface area contributed by atoms with E-state index < -0.39 is 11.7 Å². The smallest absolute Gasteiger partial charge is 0.396 e. The number of aliphatic hydroxyl groups excluding tert-OH is 1. The number of rotatable bonds is 5. The molecule has 0 radical (unpaired) electrons. The van der Waals surface area contributed by atoms with Crippen LogP contribution in [0.3, 0.4) is 0 Å². The molecule has 0 aliphatic carbocycles. The maximum atomic E-state index is 12.3. The van der Waals surface area contributed by atoms with Crippen LogP contribution in [0.2, 0.25) is 0 Å². The molecule has 0 saturated heterocycles. The van der Waals surface area contributed by atoms with Gasteiger partial charge in [-0.1, -0.05) is 0 Å². The number of benzene rings is 1. The summed E-state index contributed by atoms with van der Waals surface area (Å²) in [7, 11) is 0. The van der Waals surface area contributed by atoms with Gasteiger partial charge in [0.2, 0.25) is 5.91 Å². The van der Waals surface area contributed by atoms with Crippen LogP contribution in [0, 0.1) is 0 Å². The lowest BCUT2D eigenvalue weighted by atomic mass is 10.2. The highest BCUT2D eigenvalue weighted by Gasteiger charge is 2.29. The predicted molar refractivity (Wildman–Crippen MR) is 61.0 cm³/mol. The maximum absolute atomic E-state index is 12.3. The number of anilines is 1. The number of aliphatic hydroxyl groups is 1. The largest absolute Gasteiger partial charge is 0.416 e. The normalized spacial score (nSPS) is 11.3. The zero-order chi connectivity index (χ0) is 13.6. The van der Waals surface area contributed by atoms with Crippen LogP contribution in [-0.4, -0.2) is 17.6 Å². The van der Waals surface area contributed by atoms with Crippen molar-refractivity contribution in [1.82, 2.24) is 0 Å². The molecule has 0 aromatic heterocycles. The molecule has 0 bridgehead atoms. The van der Waals surface area contributed by atoms with Gasteiger partial charge >= 0.3 is 6.18 Å². The third kappa shape index (κ3) is 4.75. The minimum absolute atomic E-state index is 0.0214. The van der Waals surface area contributed by atoms with Crippen molar-refractivity contribution < 1.29 is 23.1 Å². The van der Waals surface area contributed by atoms with Gasteiger partial charge in [0.25, 0.3) is 0 Å². The third-order valence-electron chi connectivity index (χ3n) is 2.31. The monoisotopic (exact) mass is 261 g/mol. The van der Waals surface area contributed by atoms with Crippen molar-refractivity contribution in [2.45, 2.75) is 25.4 Å². The Bertz CT molecular complexity index is 387. The van der Waals surface area contributed by atoms with E-state index in [9.17, 15) is 18.0 Å². The molecule has 0 aliphatic rings. The fourth-order valence-electron chi connectivity index (χ4n) is 1.36. The molecule has 6 heteroatoms. The standard InChI is InChI=1S/C12H14F3NO2/c13-12(14,15)9-4-6-10(7-5-9)16-11(18)3-1-2-8-17/h4-7,17H,1-3,8H2,(H,16,18). The maximum Gasteiger partial charge on any atom is 0.416 e. The molecule has 1 rings (SSSR count). The first-order valence-electron chi connectivity index (χ1n) is 5.51. The highest BCUT2D eigenvalue weighted by molar-refractivity contribution is 5.90. The van der Waals surface area contributed by atoms with Crippen LogP contribution < -0.4 is 5.32 Å². The molecule has 0 fully saturated rings. The van der Waals surface area contributed by atoms with Crippen LogP contribution in [0.25, 0.3) is 0 Å². The second-order valence-electron chi connectivity index (χ2n) is 3.80. The number of hydrogen-bond acceptors (Lipinski definition) is 2. The second kappa shape index (κ2) is 6.39. The summed E-state index contributed by atoms with van der Waals surface area (Å²) in [5.74, 6) is -0.275. The van der Waals surface area contributed by atoms with Crippen molar-refractivity contribution in [3.8, 4) is 0 Å². The molecule has 3 nitrogen and oxygen atoms in total. The van der Waals surface area contributed by atoms with Crippen LogP contribution in [-0.2, 0) is 11.0 Å². The Balaban J connectivity index is 2.51. The summed E-state index contributed by atoms with van der Waals surface area (Å²) in [6.45, 7) is 0.0214. The Labute approximate surface area is 103 Å². The number of amides is 1. The highest BCUT2D eigenvalue weighted by Crippen LogP contribution is 2.29. The topological polar surface area (TPSA) is 49.3 Å². The number of unbranched alkanes of at least 4 members (excludes halogenated alkanes) is 1. The Morgan fingerprint density at radius 3 is 2.28 bits per heavy atom. The fraction of sp³-hybridized carbons (Fsp3) is 0.417. The summed E-state index contributed by atoms with van der Waals surface area (Å²) < 4.78 is 36.8. The molecule has 1 amide bonds. The van der Waals surface area contributed by atoms with Gasteiger partial charge in [-0.25, -0.2) is 0 Å². The summed E-state index contributed by atoms with van der Waals surface area (Å²) in [6, 6.07) is 4.27. The van der Waals surface area contributed by atoms with Gasteiger partial charge in [0, 0.05) is 18.7 Å². The van der Waals surface area contributed by atoms with E-state index in [1.54, 1.807) is 0 Å². The average molecular weight is 261 g/mol. The van der Waals surface area contributed by atoms with Crippen molar-refractivity contribution in [2.75, 3.05) is 11.9 Å². The SMILES string of the molecule is O=C(CCCCO)Nc1ccc(C(F)(F)F)cc1. The minimum atomic E-state index is -4.37. The molecule has 0 spiro atoms. The Hall–Kier alpha value is -1.56. The number of halogens is 3. The van der Waals surface area contributed by atoms with Gasteiger partial charge in [-0.3, -0.25) is 4.79 Å². The number of alkyl halides is 3. The lowest BCUT2D eigenvalue weighted by molar-refractivity contribution is -0.137. The van der Waals surface area contributed by atoms with E-state index in [1.165, 1.54) is 12.1 Å². The highest BCUT2D eigenvalue weighted by atomic mass is 19.4. The lowest BCUT2D eigenvalue weighted by Gasteiger charge is -2.08. The van der Waals surface area contributed by atoms with E-state index >= 15 is 0 Å². The molecule has 18 heavy (non-hydrogen) atoms. The van der Waals surface area contributed by atoms with Gasteiger partial charge in [0.05, 0.1) is 5.56 Å². The number of carbonyl (C=O) groups is 1. The quantitative estimate of drug-likeness (QED) is 0.801. The molecule has 0 unspecified atom stereocenters. The Morgan fingerprint density at radius 1 is 1.17 bits per heavy atom. The average Bonchev–Trinajstić information content (AvgIpc) is 2.29. The van der Waals surface area contributed by atoms with Crippen LogP contribution in [0.4, 0.5) is 18.9 Å². The third-order valence-corrected chi connectivity index (χ3v) is 2.31. The molecule has 0 atom stereocenters. The molecular weight excluding hydrogens is 247 g/mol. The number of nitrogens with one attached hydrogen (secondary N) is 1. The van der Waals surface area contributed by atoms with Crippen molar-refractivity contribution >= 4 is 11.6 Å². The molecule has 100 valence electrons. The van der Waals surface area contributed by atoms with Gasteiger partial charge in [-0.2, -0.15) is 13.2 Å². The number of hydrogen-bond donors (Lipinski definition) is 2. The van der Waals surface area contributed by atoms with Crippen LogP contribution in [0.1, 0.15) is 24.8 Å².